The van der Waals surface area contributed by atoms with E-state index in [0.717, 1.165) is 17.2 Å². The summed E-state index contributed by atoms with van der Waals surface area (Å²) in [7, 11) is 3.19. The summed E-state index contributed by atoms with van der Waals surface area (Å²) in [4.78, 5) is 18.9. The number of aryl methyl sites for hydroxylation is 1. The van der Waals surface area contributed by atoms with Crippen molar-refractivity contribution in [3.63, 3.8) is 0 Å². The summed E-state index contributed by atoms with van der Waals surface area (Å²) < 4.78 is 10.6. The van der Waals surface area contributed by atoms with E-state index >= 15 is 0 Å². The zero-order valence-electron chi connectivity index (χ0n) is 14.1. The molecule has 0 spiro atoms. The Kier molecular flexibility index (Phi) is 4.55. The number of anilines is 2. The van der Waals surface area contributed by atoms with Crippen molar-refractivity contribution in [3.05, 3.63) is 42.1 Å². The second-order valence-electron chi connectivity index (χ2n) is 5.71. The topological polar surface area (TPSA) is 63.7 Å². The van der Waals surface area contributed by atoms with Gasteiger partial charge >= 0.3 is 0 Å². The third-order valence-electron chi connectivity index (χ3n) is 4.06. The summed E-state index contributed by atoms with van der Waals surface area (Å²) in [5, 5.41) is 3.22. The quantitative estimate of drug-likeness (QED) is 0.914. The van der Waals surface area contributed by atoms with Crippen molar-refractivity contribution in [1.29, 1.82) is 0 Å². The number of nitrogens with one attached hydrogen (secondary N) is 1. The van der Waals surface area contributed by atoms with Gasteiger partial charge in [-0.15, -0.1) is 0 Å². The normalized spacial score (nSPS) is 17.0. The Morgan fingerprint density at radius 1 is 1.17 bits per heavy atom. The first-order valence-electron chi connectivity index (χ1n) is 7.85. The van der Waals surface area contributed by atoms with E-state index < -0.39 is 0 Å². The predicted molar refractivity (Wildman–Crippen MR) is 92.9 cm³/mol. The van der Waals surface area contributed by atoms with Gasteiger partial charge in [-0.3, -0.25) is 4.79 Å². The van der Waals surface area contributed by atoms with Crippen molar-refractivity contribution in [1.82, 2.24) is 4.98 Å². The molecule has 1 aliphatic heterocycles. The van der Waals surface area contributed by atoms with Gasteiger partial charge in [-0.25, -0.2) is 4.98 Å². The van der Waals surface area contributed by atoms with E-state index in [0.29, 0.717) is 24.5 Å². The Balaban J connectivity index is 1.79. The molecule has 1 aliphatic rings. The highest BCUT2D eigenvalue weighted by Crippen LogP contribution is 2.31. The lowest BCUT2D eigenvalue weighted by atomic mass is 10.2. The van der Waals surface area contributed by atoms with Gasteiger partial charge in [0.05, 0.1) is 19.9 Å². The first-order valence-corrected chi connectivity index (χ1v) is 7.85. The van der Waals surface area contributed by atoms with Gasteiger partial charge in [-0.1, -0.05) is 6.07 Å². The van der Waals surface area contributed by atoms with Crippen molar-refractivity contribution in [2.45, 2.75) is 19.4 Å². The van der Waals surface area contributed by atoms with Crippen LogP contribution in [0.5, 0.6) is 11.5 Å². The van der Waals surface area contributed by atoms with Crippen molar-refractivity contribution < 1.29 is 14.3 Å². The van der Waals surface area contributed by atoms with Crippen molar-refractivity contribution >= 4 is 17.4 Å². The van der Waals surface area contributed by atoms with Crippen LogP contribution in [0.25, 0.3) is 0 Å². The van der Waals surface area contributed by atoms with Crippen LogP contribution >= 0.6 is 0 Å². The minimum Gasteiger partial charge on any atom is -0.497 e. The fourth-order valence-electron chi connectivity index (χ4n) is 2.82. The molecule has 126 valence electrons. The number of hydrogen-bond donors (Lipinski definition) is 1. The number of carbonyl (C=O) groups is 1. The molecule has 24 heavy (non-hydrogen) atoms. The molecule has 0 aliphatic carbocycles. The molecule has 1 unspecified atom stereocenters. The molecule has 1 aromatic carbocycles. The Bertz CT molecular complexity index is 726. The highest BCUT2D eigenvalue weighted by atomic mass is 16.5. The SMILES string of the molecule is COc1cc(OC)cc(N2CCC(Nc3cccc(C)n3)C2=O)c1. The number of methoxy groups -OCH3 is 2. The fraction of sp³-hybridized carbons (Fsp3) is 0.333. The zero-order chi connectivity index (χ0) is 17.1. The van der Waals surface area contributed by atoms with E-state index in [9.17, 15) is 4.79 Å². The Hall–Kier alpha value is -2.76. The van der Waals surface area contributed by atoms with Crippen molar-refractivity contribution in [3.8, 4) is 11.5 Å². The van der Waals surface area contributed by atoms with E-state index in [4.69, 9.17) is 9.47 Å². The van der Waals surface area contributed by atoms with Crippen LogP contribution in [0.4, 0.5) is 11.5 Å². The highest BCUT2D eigenvalue weighted by molar-refractivity contribution is 6.01. The van der Waals surface area contributed by atoms with Gasteiger partial charge in [-0.05, 0) is 25.5 Å². The second-order valence-corrected chi connectivity index (χ2v) is 5.71. The molecular formula is C18H21N3O3. The molecule has 1 aromatic heterocycles. The summed E-state index contributed by atoms with van der Waals surface area (Å²) in [6, 6.07) is 10.9. The molecule has 1 atom stereocenters. The number of rotatable bonds is 5. The van der Waals surface area contributed by atoms with Gasteiger partial charge in [-0.2, -0.15) is 0 Å². The Morgan fingerprint density at radius 3 is 2.50 bits per heavy atom. The molecule has 1 N–H and O–H groups in total. The third-order valence-corrected chi connectivity index (χ3v) is 4.06. The maximum atomic E-state index is 12.7. The van der Waals surface area contributed by atoms with Crippen molar-refractivity contribution in [2.24, 2.45) is 0 Å². The van der Waals surface area contributed by atoms with Crippen LogP contribution in [0.15, 0.2) is 36.4 Å². The van der Waals surface area contributed by atoms with Crippen molar-refractivity contribution in [2.75, 3.05) is 31.0 Å². The van der Waals surface area contributed by atoms with Crippen LogP contribution in [0, 0.1) is 6.92 Å². The number of carbonyl (C=O) groups excluding carboxylic acids is 1. The van der Waals surface area contributed by atoms with Gasteiger partial charge in [0, 0.05) is 30.4 Å². The second kappa shape index (κ2) is 6.78. The molecule has 1 fully saturated rings. The molecule has 0 saturated carbocycles. The maximum absolute atomic E-state index is 12.7. The summed E-state index contributed by atoms with van der Waals surface area (Å²) in [5.74, 6) is 2.06. The lowest BCUT2D eigenvalue weighted by Crippen LogP contribution is -2.33. The molecule has 6 heteroatoms. The lowest BCUT2D eigenvalue weighted by molar-refractivity contribution is -0.117. The largest absolute Gasteiger partial charge is 0.497 e. The molecule has 2 heterocycles. The minimum absolute atomic E-state index is 0.0219. The van der Waals surface area contributed by atoms with Gasteiger partial charge < -0.3 is 19.7 Å². The molecule has 3 rings (SSSR count). The first-order chi connectivity index (χ1) is 11.6. The zero-order valence-corrected chi connectivity index (χ0v) is 14.1. The molecule has 2 aromatic rings. The smallest absolute Gasteiger partial charge is 0.249 e. The summed E-state index contributed by atoms with van der Waals surface area (Å²) >= 11 is 0. The number of amides is 1. The molecule has 0 bridgehead atoms. The fourth-order valence-corrected chi connectivity index (χ4v) is 2.82. The Labute approximate surface area is 141 Å². The number of pyridine rings is 1. The van der Waals surface area contributed by atoms with Crippen LogP contribution in [0.2, 0.25) is 0 Å². The number of benzene rings is 1. The van der Waals surface area contributed by atoms with Crippen LogP contribution in [-0.2, 0) is 4.79 Å². The van der Waals surface area contributed by atoms with Crippen LogP contribution in [0.3, 0.4) is 0 Å². The maximum Gasteiger partial charge on any atom is 0.249 e. The summed E-state index contributed by atoms with van der Waals surface area (Å²) in [6.07, 6.45) is 0.716. The number of ether oxygens (including phenoxy) is 2. The van der Waals surface area contributed by atoms with Gasteiger partial charge in [0.1, 0.15) is 23.4 Å². The monoisotopic (exact) mass is 327 g/mol. The lowest BCUT2D eigenvalue weighted by Gasteiger charge is -2.19. The molecular weight excluding hydrogens is 306 g/mol. The van der Waals surface area contributed by atoms with Gasteiger partial charge in [0.2, 0.25) is 5.91 Å². The summed E-state index contributed by atoms with van der Waals surface area (Å²) in [5.41, 5.74) is 1.69. The van der Waals surface area contributed by atoms with E-state index in [-0.39, 0.29) is 11.9 Å². The third kappa shape index (κ3) is 3.27. The number of aromatic nitrogens is 1. The predicted octanol–water partition coefficient (Wildman–Crippen LogP) is 2.62. The molecule has 6 nitrogen and oxygen atoms in total. The van der Waals surface area contributed by atoms with Crippen LogP contribution in [-0.4, -0.2) is 37.7 Å². The first kappa shape index (κ1) is 16.1. The minimum atomic E-state index is -0.281. The highest BCUT2D eigenvalue weighted by Gasteiger charge is 2.33. The van der Waals surface area contributed by atoms with Gasteiger partial charge in [0.15, 0.2) is 0 Å². The van der Waals surface area contributed by atoms with Crippen LogP contribution < -0.4 is 19.7 Å². The van der Waals surface area contributed by atoms with E-state index in [1.165, 1.54) is 0 Å². The number of hydrogen-bond acceptors (Lipinski definition) is 5. The standard InChI is InChI=1S/C18H21N3O3/c1-12-5-4-6-17(19-12)20-16-7-8-21(18(16)22)13-9-14(23-2)11-15(10-13)24-3/h4-6,9-11,16H,7-8H2,1-3H3,(H,19,20). The molecule has 0 radical (unpaired) electrons. The Morgan fingerprint density at radius 2 is 1.88 bits per heavy atom. The molecule has 1 amide bonds. The molecule has 1 saturated heterocycles. The van der Waals surface area contributed by atoms with Gasteiger partial charge in [0.25, 0.3) is 0 Å². The van der Waals surface area contributed by atoms with E-state index in [1.807, 2.05) is 37.3 Å². The average molecular weight is 327 g/mol. The number of nitrogens with zero attached hydrogens (tertiary/aromatic N) is 2. The average Bonchev–Trinajstić information content (AvgIpc) is 2.95. The van der Waals surface area contributed by atoms with E-state index in [1.54, 1.807) is 25.2 Å². The van der Waals surface area contributed by atoms with Crippen LogP contribution in [0.1, 0.15) is 12.1 Å². The van der Waals surface area contributed by atoms with E-state index in [2.05, 4.69) is 10.3 Å². The summed E-state index contributed by atoms with van der Waals surface area (Å²) in [6.45, 7) is 2.56.